The number of fused-ring (bicyclic) bond motifs is 5. The van der Waals surface area contributed by atoms with Crippen LogP contribution in [0.1, 0.15) is 0 Å². The van der Waals surface area contributed by atoms with E-state index in [2.05, 4.69) is 241 Å². The van der Waals surface area contributed by atoms with E-state index in [4.69, 9.17) is 4.42 Å². The lowest BCUT2D eigenvalue weighted by molar-refractivity contribution is 0.631. The Morgan fingerprint density at radius 2 is 0.828 bits per heavy atom. The van der Waals surface area contributed by atoms with Crippen LogP contribution in [0.25, 0.3) is 99.1 Å². The Labute approximate surface area is 372 Å². The predicted molar refractivity (Wildman–Crippen MR) is 271 cm³/mol. The first-order chi connectivity index (χ1) is 31.7. The van der Waals surface area contributed by atoms with Crippen LogP contribution in [0.5, 0.6) is 0 Å². The quantitative estimate of drug-likeness (QED) is 0.142. The van der Waals surface area contributed by atoms with E-state index in [9.17, 15) is 0 Å². The Hall–Kier alpha value is -8.46. The van der Waals surface area contributed by atoms with Gasteiger partial charge in [-0.3, -0.25) is 0 Å². The molecule has 1 aromatic heterocycles. The van der Waals surface area contributed by atoms with Crippen LogP contribution < -0.4 is 4.90 Å². The molecule has 0 saturated heterocycles. The average Bonchev–Trinajstić information content (AvgIpc) is 3.82. The van der Waals surface area contributed by atoms with Crippen molar-refractivity contribution in [1.29, 1.82) is 0 Å². The maximum Gasteiger partial charge on any atom is 0.135 e. The van der Waals surface area contributed by atoms with E-state index in [0.29, 0.717) is 0 Å². The van der Waals surface area contributed by atoms with E-state index in [1.54, 1.807) is 0 Å². The third-order valence-corrected chi connectivity index (χ3v) is 12.7. The first-order valence-corrected chi connectivity index (χ1v) is 21.9. The lowest BCUT2D eigenvalue weighted by atomic mass is 9.89. The number of hydrogen-bond acceptors (Lipinski definition) is 2. The van der Waals surface area contributed by atoms with Crippen molar-refractivity contribution in [3.8, 4) is 55.8 Å². The van der Waals surface area contributed by atoms with E-state index in [0.717, 1.165) is 50.5 Å². The van der Waals surface area contributed by atoms with E-state index in [1.807, 2.05) is 12.1 Å². The molecule has 11 aromatic carbocycles. The van der Waals surface area contributed by atoms with Crippen LogP contribution in [-0.4, -0.2) is 0 Å². The van der Waals surface area contributed by atoms with Crippen LogP contribution in [0.4, 0.5) is 17.1 Å². The molecule has 12 rings (SSSR count). The first kappa shape index (κ1) is 37.3. The van der Waals surface area contributed by atoms with Crippen LogP contribution in [-0.2, 0) is 0 Å². The number of para-hydroxylation sites is 1. The average molecular weight is 816 g/mol. The third kappa shape index (κ3) is 6.61. The molecule has 0 amide bonds. The highest BCUT2D eigenvalue weighted by Crippen LogP contribution is 2.45. The minimum Gasteiger partial charge on any atom is -0.456 e. The molecule has 0 atom stereocenters. The fraction of sp³-hybridized carbons (Fsp3) is 0. The van der Waals surface area contributed by atoms with Crippen molar-refractivity contribution < 1.29 is 4.42 Å². The highest BCUT2D eigenvalue weighted by atomic mass is 16.3. The first-order valence-electron chi connectivity index (χ1n) is 21.9. The van der Waals surface area contributed by atoms with Gasteiger partial charge in [0.1, 0.15) is 11.3 Å². The molecule has 2 nitrogen and oxygen atoms in total. The highest BCUT2D eigenvalue weighted by Gasteiger charge is 2.20. The van der Waals surface area contributed by atoms with Crippen molar-refractivity contribution in [1.82, 2.24) is 0 Å². The van der Waals surface area contributed by atoms with Crippen LogP contribution in [0.2, 0.25) is 0 Å². The normalized spacial score (nSPS) is 11.4. The van der Waals surface area contributed by atoms with Crippen molar-refractivity contribution in [2.75, 3.05) is 4.90 Å². The second-order valence-corrected chi connectivity index (χ2v) is 16.4. The van der Waals surface area contributed by atoms with Crippen molar-refractivity contribution in [2.24, 2.45) is 0 Å². The largest absolute Gasteiger partial charge is 0.456 e. The zero-order valence-electron chi connectivity index (χ0n) is 35.0. The second kappa shape index (κ2) is 15.8. The van der Waals surface area contributed by atoms with Crippen molar-refractivity contribution in [3.63, 3.8) is 0 Å². The maximum absolute atomic E-state index is 6.32. The van der Waals surface area contributed by atoms with Gasteiger partial charge in [0.05, 0.1) is 5.69 Å². The summed E-state index contributed by atoms with van der Waals surface area (Å²) in [6.07, 6.45) is 0. The number of rotatable bonds is 8. The van der Waals surface area contributed by atoms with E-state index < -0.39 is 0 Å². The molecule has 0 bridgehead atoms. The van der Waals surface area contributed by atoms with Crippen LogP contribution >= 0.6 is 0 Å². The Balaban J connectivity index is 0.996. The molecule has 0 N–H and O–H groups in total. The number of anilines is 3. The van der Waals surface area contributed by atoms with E-state index >= 15 is 0 Å². The van der Waals surface area contributed by atoms with Gasteiger partial charge in [-0.15, -0.1) is 0 Å². The minimum atomic E-state index is 0.866. The summed E-state index contributed by atoms with van der Waals surface area (Å²) in [4.78, 5) is 2.42. The fourth-order valence-corrected chi connectivity index (χ4v) is 9.61. The Morgan fingerprint density at radius 1 is 0.266 bits per heavy atom. The van der Waals surface area contributed by atoms with Gasteiger partial charge in [-0.1, -0.05) is 200 Å². The van der Waals surface area contributed by atoms with Crippen LogP contribution in [0, 0.1) is 0 Å². The molecule has 0 radical (unpaired) electrons. The Morgan fingerprint density at radius 3 is 1.59 bits per heavy atom. The third-order valence-electron chi connectivity index (χ3n) is 12.7. The van der Waals surface area contributed by atoms with Gasteiger partial charge in [0.25, 0.3) is 0 Å². The number of furan rings is 1. The topological polar surface area (TPSA) is 16.4 Å². The summed E-state index contributed by atoms with van der Waals surface area (Å²) in [5.41, 5.74) is 14.8. The standard InChI is InChI=1S/C62H41NO/c1-2-15-42(16-3-1)52-22-7-9-24-56(52)57-25-10-8-23-53(57)44-31-33-49(34-32-44)63(50-35-36-54-46(40-50)30-29-43-17-4-6-21-51(43)54)60-38-37-55(58-26-11-12-27-59(58)60)45-19-14-20-47(39-45)62-41-48-18-5-13-28-61(48)64-62/h1-41H. The molecule has 0 unspecified atom stereocenters. The van der Waals surface area contributed by atoms with Gasteiger partial charge in [-0.2, -0.15) is 0 Å². The number of hydrogen-bond donors (Lipinski definition) is 0. The van der Waals surface area contributed by atoms with E-state index in [-0.39, 0.29) is 0 Å². The summed E-state index contributed by atoms with van der Waals surface area (Å²) in [6.45, 7) is 0. The van der Waals surface area contributed by atoms with Gasteiger partial charge in [0.2, 0.25) is 0 Å². The van der Waals surface area contributed by atoms with Gasteiger partial charge in [-0.05, 0) is 120 Å². The van der Waals surface area contributed by atoms with E-state index in [1.165, 1.54) is 65.7 Å². The molecule has 0 spiro atoms. The monoisotopic (exact) mass is 815 g/mol. The van der Waals surface area contributed by atoms with Crippen LogP contribution in [0.3, 0.4) is 0 Å². The summed E-state index contributed by atoms with van der Waals surface area (Å²) in [6, 6.07) is 89.7. The number of nitrogens with zero attached hydrogens (tertiary/aromatic N) is 1. The fourth-order valence-electron chi connectivity index (χ4n) is 9.61. The summed E-state index contributed by atoms with van der Waals surface area (Å²) < 4.78 is 6.32. The second-order valence-electron chi connectivity index (χ2n) is 16.4. The van der Waals surface area contributed by atoms with Crippen molar-refractivity contribution in [3.05, 3.63) is 249 Å². The zero-order chi connectivity index (χ0) is 42.4. The molecule has 1 heterocycles. The number of benzene rings is 11. The molecule has 0 saturated carbocycles. The summed E-state index contributed by atoms with van der Waals surface area (Å²) in [5, 5.41) is 8.40. The SMILES string of the molecule is c1ccc(-c2ccccc2-c2ccccc2-c2ccc(N(c3ccc4c(ccc5ccccc54)c3)c3ccc(-c4cccc(-c5cc6ccccc6o5)c4)c4ccccc34)cc2)cc1. The molecule has 12 aromatic rings. The molecule has 0 aliphatic rings. The maximum atomic E-state index is 6.32. The van der Waals surface area contributed by atoms with Gasteiger partial charge < -0.3 is 9.32 Å². The highest BCUT2D eigenvalue weighted by molar-refractivity contribution is 6.10. The molecule has 300 valence electrons. The van der Waals surface area contributed by atoms with Gasteiger partial charge in [0, 0.05) is 27.7 Å². The smallest absolute Gasteiger partial charge is 0.135 e. The minimum absolute atomic E-state index is 0.866. The van der Waals surface area contributed by atoms with Crippen molar-refractivity contribution >= 4 is 60.3 Å². The van der Waals surface area contributed by atoms with Gasteiger partial charge in [-0.25, -0.2) is 0 Å². The molecular weight excluding hydrogens is 775 g/mol. The Kier molecular flexibility index (Phi) is 9.20. The summed E-state index contributed by atoms with van der Waals surface area (Å²) >= 11 is 0. The Bertz CT molecular complexity index is 3640. The molecule has 0 aliphatic heterocycles. The van der Waals surface area contributed by atoms with Crippen molar-refractivity contribution in [2.45, 2.75) is 0 Å². The molecule has 64 heavy (non-hydrogen) atoms. The lowest BCUT2D eigenvalue weighted by Crippen LogP contribution is -2.10. The zero-order valence-corrected chi connectivity index (χ0v) is 35.0. The molecular formula is C62H41NO. The lowest BCUT2D eigenvalue weighted by Gasteiger charge is -2.28. The predicted octanol–water partition coefficient (Wildman–Crippen LogP) is 17.7. The summed E-state index contributed by atoms with van der Waals surface area (Å²) in [7, 11) is 0. The molecule has 2 heteroatoms. The van der Waals surface area contributed by atoms with Crippen LogP contribution in [0.15, 0.2) is 253 Å². The van der Waals surface area contributed by atoms with Gasteiger partial charge in [0.15, 0.2) is 0 Å². The van der Waals surface area contributed by atoms with Gasteiger partial charge >= 0.3 is 0 Å². The molecule has 0 fully saturated rings. The molecule has 0 aliphatic carbocycles. The summed E-state index contributed by atoms with van der Waals surface area (Å²) in [5.74, 6) is 0.866.